The number of nitrogens with one attached hydrogen (secondary N) is 1. The quantitative estimate of drug-likeness (QED) is 0.659. The minimum absolute atomic E-state index is 0.0331. The summed E-state index contributed by atoms with van der Waals surface area (Å²) in [6.45, 7) is 11.4. The Morgan fingerprint density at radius 1 is 1.13 bits per heavy atom. The average Bonchev–Trinajstić information content (AvgIpc) is 2.71. The van der Waals surface area contributed by atoms with E-state index in [1.165, 1.54) is 4.31 Å². The Bertz CT molecular complexity index is 827. The first-order chi connectivity index (χ1) is 14.3. The lowest BCUT2D eigenvalue weighted by atomic mass is 9.99. The van der Waals surface area contributed by atoms with Crippen molar-refractivity contribution in [2.24, 2.45) is 5.92 Å². The average molecular weight is 438 g/mol. The molecule has 0 aromatic heterocycles. The van der Waals surface area contributed by atoms with Crippen LogP contribution in [-0.4, -0.2) is 76.0 Å². The van der Waals surface area contributed by atoms with E-state index >= 15 is 0 Å². The van der Waals surface area contributed by atoms with Crippen molar-refractivity contribution in [1.82, 2.24) is 14.5 Å². The smallest absolute Gasteiger partial charge is 0.243 e. The van der Waals surface area contributed by atoms with Gasteiger partial charge in [-0.05, 0) is 57.7 Å². The zero-order chi connectivity index (χ0) is 21.7. The lowest BCUT2D eigenvalue weighted by Gasteiger charge is -2.32. The van der Waals surface area contributed by atoms with Crippen LogP contribution in [0.1, 0.15) is 36.0 Å². The fraction of sp³-hybridized carbons (Fsp3) is 0.682. The van der Waals surface area contributed by atoms with Crippen molar-refractivity contribution in [3.63, 3.8) is 0 Å². The number of carbonyl (C=O) groups excluding carboxylic acids is 1. The van der Waals surface area contributed by atoms with Crippen molar-refractivity contribution >= 4 is 15.9 Å². The second-order valence-electron chi connectivity index (χ2n) is 8.53. The molecule has 1 N–H and O–H groups in total. The normalized spacial score (nSPS) is 21.5. The van der Waals surface area contributed by atoms with Crippen molar-refractivity contribution in [1.29, 1.82) is 0 Å². The third-order valence-corrected chi connectivity index (χ3v) is 8.18. The highest BCUT2D eigenvalue weighted by molar-refractivity contribution is 7.89. The Kier molecular flexibility index (Phi) is 7.90. The van der Waals surface area contributed by atoms with Gasteiger partial charge in [0.2, 0.25) is 15.9 Å². The van der Waals surface area contributed by atoms with Gasteiger partial charge in [0, 0.05) is 32.7 Å². The van der Waals surface area contributed by atoms with Crippen molar-refractivity contribution in [3.05, 3.63) is 28.8 Å². The molecule has 2 aliphatic rings. The fourth-order valence-electron chi connectivity index (χ4n) is 4.56. The summed E-state index contributed by atoms with van der Waals surface area (Å²) < 4.78 is 33.5. The molecule has 0 aliphatic carbocycles. The van der Waals surface area contributed by atoms with E-state index in [-0.39, 0.29) is 18.4 Å². The van der Waals surface area contributed by atoms with Gasteiger partial charge in [-0.2, -0.15) is 4.31 Å². The highest BCUT2D eigenvalue weighted by atomic mass is 32.2. The number of ether oxygens (including phenoxy) is 1. The number of aryl methyl sites for hydroxylation is 3. The van der Waals surface area contributed by atoms with Gasteiger partial charge in [0.25, 0.3) is 0 Å². The van der Waals surface area contributed by atoms with Gasteiger partial charge in [-0.1, -0.05) is 17.7 Å². The van der Waals surface area contributed by atoms with Gasteiger partial charge in [-0.3, -0.25) is 9.69 Å². The first-order valence-electron chi connectivity index (χ1n) is 10.9. The molecule has 0 spiro atoms. The molecule has 2 heterocycles. The molecule has 30 heavy (non-hydrogen) atoms. The van der Waals surface area contributed by atoms with Crippen LogP contribution in [0.5, 0.6) is 0 Å². The maximum atomic E-state index is 13.3. The molecule has 0 unspecified atom stereocenters. The Morgan fingerprint density at radius 2 is 1.80 bits per heavy atom. The van der Waals surface area contributed by atoms with Crippen LogP contribution in [0, 0.1) is 26.7 Å². The maximum absolute atomic E-state index is 13.3. The van der Waals surface area contributed by atoms with Crippen molar-refractivity contribution in [2.45, 2.75) is 44.9 Å². The van der Waals surface area contributed by atoms with E-state index in [0.717, 1.165) is 62.4 Å². The number of carbonyl (C=O) groups is 1. The Balaban J connectivity index is 1.56. The number of rotatable bonds is 7. The predicted octanol–water partition coefficient (Wildman–Crippen LogP) is 1.85. The van der Waals surface area contributed by atoms with Crippen LogP contribution in [0.3, 0.4) is 0 Å². The highest BCUT2D eigenvalue weighted by Crippen LogP contribution is 2.28. The largest absolute Gasteiger partial charge is 0.379 e. The molecule has 0 saturated carbocycles. The monoisotopic (exact) mass is 437 g/mol. The molecule has 1 aromatic carbocycles. The number of amides is 1. The molecule has 1 aromatic rings. The molecule has 168 valence electrons. The summed E-state index contributed by atoms with van der Waals surface area (Å²) in [5.41, 5.74) is 2.58. The number of piperidine rings is 1. The molecule has 2 aliphatic heterocycles. The predicted molar refractivity (Wildman–Crippen MR) is 117 cm³/mol. The molecule has 8 heteroatoms. The summed E-state index contributed by atoms with van der Waals surface area (Å²) in [4.78, 5) is 15.4. The first kappa shape index (κ1) is 23.2. The Hall–Kier alpha value is -1.48. The Labute approximate surface area is 180 Å². The van der Waals surface area contributed by atoms with Gasteiger partial charge < -0.3 is 10.1 Å². The number of nitrogens with zero attached hydrogens (tertiary/aromatic N) is 2. The van der Waals surface area contributed by atoms with E-state index < -0.39 is 10.0 Å². The van der Waals surface area contributed by atoms with E-state index in [1.807, 2.05) is 32.9 Å². The fourth-order valence-corrected chi connectivity index (χ4v) is 6.50. The van der Waals surface area contributed by atoms with Crippen LogP contribution >= 0.6 is 0 Å². The van der Waals surface area contributed by atoms with Crippen LogP contribution in [-0.2, 0) is 19.6 Å². The van der Waals surface area contributed by atoms with Crippen molar-refractivity contribution in [3.8, 4) is 0 Å². The van der Waals surface area contributed by atoms with Crippen LogP contribution < -0.4 is 5.32 Å². The summed E-state index contributed by atoms with van der Waals surface area (Å²) in [5, 5.41) is 3.02. The van der Waals surface area contributed by atoms with E-state index in [0.29, 0.717) is 24.4 Å². The minimum Gasteiger partial charge on any atom is -0.379 e. The van der Waals surface area contributed by atoms with E-state index in [4.69, 9.17) is 4.74 Å². The third kappa shape index (κ3) is 5.60. The van der Waals surface area contributed by atoms with Crippen LogP contribution in [0.25, 0.3) is 0 Å². The lowest BCUT2D eigenvalue weighted by molar-refractivity contribution is -0.126. The molecule has 2 fully saturated rings. The summed E-state index contributed by atoms with van der Waals surface area (Å²) in [5.74, 6) is -0.322. The minimum atomic E-state index is -3.61. The summed E-state index contributed by atoms with van der Waals surface area (Å²) >= 11 is 0. The summed E-state index contributed by atoms with van der Waals surface area (Å²) in [7, 11) is -3.61. The second kappa shape index (κ2) is 10.2. The van der Waals surface area contributed by atoms with Gasteiger partial charge in [0.1, 0.15) is 0 Å². The van der Waals surface area contributed by atoms with Gasteiger partial charge >= 0.3 is 0 Å². The second-order valence-corrected chi connectivity index (χ2v) is 10.4. The molecule has 1 amide bonds. The SMILES string of the molecule is Cc1cc(C)c(S(=O)(=O)N2CCC[C@@H](C(=O)NCCCN3CCOCC3)C2)c(C)c1. The molecule has 0 radical (unpaired) electrons. The number of hydrogen-bond acceptors (Lipinski definition) is 5. The van der Waals surface area contributed by atoms with E-state index in [1.54, 1.807) is 0 Å². The van der Waals surface area contributed by atoms with Crippen LogP contribution in [0.15, 0.2) is 17.0 Å². The van der Waals surface area contributed by atoms with Crippen LogP contribution in [0.2, 0.25) is 0 Å². The molecule has 2 saturated heterocycles. The van der Waals surface area contributed by atoms with Crippen molar-refractivity contribution < 1.29 is 17.9 Å². The van der Waals surface area contributed by atoms with E-state index in [9.17, 15) is 13.2 Å². The molecule has 3 rings (SSSR count). The molecule has 7 nitrogen and oxygen atoms in total. The van der Waals surface area contributed by atoms with Gasteiger partial charge in [0.15, 0.2) is 0 Å². The van der Waals surface area contributed by atoms with Gasteiger partial charge in [-0.25, -0.2) is 8.42 Å². The number of benzene rings is 1. The van der Waals surface area contributed by atoms with Gasteiger partial charge in [-0.15, -0.1) is 0 Å². The number of hydrogen-bond donors (Lipinski definition) is 1. The molecular formula is C22H35N3O4S. The third-order valence-electron chi connectivity index (χ3n) is 6.01. The standard InChI is InChI=1S/C22H35N3O4S/c1-17-14-18(2)21(19(3)15-17)30(27,28)25-9-4-6-20(16-25)22(26)23-7-5-8-24-10-12-29-13-11-24/h14-15,20H,4-13,16H2,1-3H3,(H,23,26)/t20-/m1/s1. The number of sulfonamides is 1. The zero-order valence-corrected chi connectivity index (χ0v) is 19.3. The highest BCUT2D eigenvalue weighted by Gasteiger charge is 2.34. The van der Waals surface area contributed by atoms with E-state index in [2.05, 4.69) is 10.2 Å². The number of morpholine rings is 1. The Morgan fingerprint density at radius 3 is 2.47 bits per heavy atom. The topological polar surface area (TPSA) is 79.0 Å². The molecule has 0 bridgehead atoms. The van der Waals surface area contributed by atoms with Crippen LogP contribution in [0.4, 0.5) is 0 Å². The van der Waals surface area contributed by atoms with Gasteiger partial charge in [0.05, 0.1) is 24.0 Å². The molecular weight excluding hydrogens is 402 g/mol. The summed E-state index contributed by atoms with van der Waals surface area (Å²) in [6.07, 6.45) is 2.32. The zero-order valence-electron chi connectivity index (χ0n) is 18.4. The molecule has 1 atom stereocenters. The summed E-state index contributed by atoms with van der Waals surface area (Å²) in [6, 6.07) is 3.81. The first-order valence-corrected chi connectivity index (χ1v) is 12.4. The maximum Gasteiger partial charge on any atom is 0.243 e. The lowest BCUT2D eigenvalue weighted by Crippen LogP contribution is -2.46. The van der Waals surface area contributed by atoms with Crippen molar-refractivity contribution in [2.75, 3.05) is 52.5 Å².